The Morgan fingerprint density at radius 3 is 2.52 bits per heavy atom. The van der Waals surface area contributed by atoms with Gasteiger partial charge in [-0.05, 0) is 31.0 Å². The summed E-state index contributed by atoms with van der Waals surface area (Å²) in [4.78, 5) is 34.5. The number of carbonyl (C=O) groups excluding carboxylic acids is 2. The number of carbonyl (C=O) groups is 3. The Morgan fingerprint density at radius 2 is 1.90 bits per heavy atom. The molecule has 112 valence electrons. The third kappa shape index (κ3) is 3.33. The first-order chi connectivity index (χ1) is 9.90. The Balaban J connectivity index is 2.14. The van der Waals surface area contributed by atoms with Crippen molar-refractivity contribution < 1.29 is 19.5 Å². The molecule has 0 radical (unpaired) electrons. The van der Waals surface area contributed by atoms with Crippen LogP contribution in [0.25, 0.3) is 0 Å². The molecule has 2 rings (SSSR count). The number of nitrogens with one attached hydrogen (secondary N) is 1. The Labute approximate surface area is 126 Å². The molecule has 4 N–H and O–H groups in total. The van der Waals surface area contributed by atoms with E-state index < -0.39 is 23.7 Å². The highest BCUT2D eigenvalue weighted by Crippen LogP contribution is 2.33. The second kappa shape index (κ2) is 6.13. The van der Waals surface area contributed by atoms with Crippen molar-refractivity contribution in [3.63, 3.8) is 0 Å². The van der Waals surface area contributed by atoms with E-state index >= 15 is 0 Å². The van der Waals surface area contributed by atoms with Gasteiger partial charge in [-0.25, -0.2) is 0 Å². The minimum Gasteiger partial charge on any atom is -0.481 e. The van der Waals surface area contributed by atoms with Crippen LogP contribution in [0, 0.1) is 11.8 Å². The standard InChI is InChI=1S/C14H15ClN2O4/c15-11-5-4-7(6-10(11)12(16)18)17-13(19)8-2-1-3-9(8)14(20)21/h4-6,8-9H,1-3H2,(H2,16,18)(H,17,19)(H,20,21)/t8-,9+/m1/s1. The van der Waals surface area contributed by atoms with Gasteiger partial charge < -0.3 is 16.2 Å². The average molecular weight is 311 g/mol. The van der Waals surface area contributed by atoms with Crippen molar-refractivity contribution in [2.24, 2.45) is 17.6 Å². The van der Waals surface area contributed by atoms with Gasteiger partial charge in [0, 0.05) is 5.69 Å². The number of hydrogen-bond donors (Lipinski definition) is 3. The van der Waals surface area contributed by atoms with Gasteiger partial charge in [-0.1, -0.05) is 18.0 Å². The number of halogens is 1. The number of amides is 2. The summed E-state index contributed by atoms with van der Waals surface area (Å²) in [6.07, 6.45) is 1.75. The summed E-state index contributed by atoms with van der Waals surface area (Å²) in [6.45, 7) is 0. The van der Waals surface area contributed by atoms with Crippen molar-refractivity contribution in [2.45, 2.75) is 19.3 Å². The summed E-state index contributed by atoms with van der Waals surface area (Å²) in [5.41, 5.74) is 5.66. The molecule has 0 saturated heterocycles. The lowest BCUT2D eigenvalue weighted by Crippen LogP contribution is -2.30. The van der Waals surface area contributed by atoms with Gasteiger partial charge in [0.15, 0.2) is 0 Å². The molecule has 6 nitrogen and oxygen atoms in total. The van der Waals surface area contributed by atoms with Gasteiger partial charge in [0.25, 0.3) is 0 Å². The summed E-state index contributed by atoms with van der Waals surface area (Å²) in [5.74, 6) is -3.23. The zero-order valence-corrected chi connectivity index (χ0v) is 11.9. The van der Waals surface area contributed by atoms with Crippen molar-refractivity contribution in [1.82, 2.24) is 0 Å². The van der Waals surface area contributed by atoms with Gasteiger partial charge >= 0.3 is 5.97 Å². The van der Waals surface area contributed by atoms with Crippen LogP contribution < -0.4 is 11.1 Å². The predicted molar refractivity (Wildman–Crippen MR) is 77.1 cm³/mol. The largest absolute Gasteiger partial charge is 0.481 e. The van der Waals surface area contributed by atoms with Crippen LogP contribution in [0.15, 0.2) is 18.2 Å². The highest BCUT2D eigenvalue weighted by molar-refractivity contribution is 6.34. The molecule has 21 heavy (non-hydrogen) atoms. The maximum absolute atomic E-state index is 12.2. The van der Waals surface area contributed by atoms with Crippen molar-refractivity contribution >= 4 is 35.1 Å². The minimum atomic E-state index is -0.957. The molecule has 2 atom stereocenters. The molecule has 1 aromatic rings. The van der Waals surface area contributed by atoms with Crippen LogP contribution in [0.3, 0.4) is 0 Å². The lowest BCUT2D eigenvalue weighted by atomic mass is 9.95. The first-order valence-corrected chi connectivity index (χ1v) is 6.91. The van der Waals surface area contributed by atoms with Crippen molar-refractivity contribution in [1.29, 1.82) is 0 Å². The number of carboxylic acid groups (broad SMARTS) is 1. The molecule has 1 aliphatic rings. The normalized spacial score (nSPS) is 21.0. The summed E-state index contributed by atoms with van der Waals surface area (Å²) in [7, 11) is 0. The number of anilines is 1. The fraction of sp³-hybridized carbons (Fsp3) is 0.357. The first-order valence-electron chi connectivity index (χ1n) is 6.53. The summed E-state index contributed by atoms with van der Waals surface area (Å²) >= 11 is 5.83. The number of hydrogen-bond acceptors (Lipinski definition) is 3. The number of primary amides is 1. The second-order valence-corrected chi connectivity index (χ2v) is 5.44. The second-order valence-electron chi connectivity index (χ2n) is 5.03. The Hall–Kier alpha value is -2.08. The van der Waals surface area contributed by atoms with Crippen LogP contribution in [0.1, 0.15) is 29.6 Å². The van der Waals surface area contributed by atoms with Gasteiger partial charge in [0.05, 0.1) is 22.4 Å². The molecule has 1 saturated carbocycles. The molecule has 1 aliphatic carbocycles. The predicted octanol–water partition coefficient (Wildman–Crippen LogP) is 1.88. The summed E-state index contributed by atoms with van der Waals surface area (Å²) in [5, 5.41) is 11.9. The molecule has 0 aliphatic heterocycles. The van der Waals surface area contributed by atoms with E-state index in [1.54, 1.807) is 0 Å². The molecule has 2 amide bonds. The number of benzene rings is 1. The highest BCUT2D eigenvalue weighted by Gasteiger charge is 2.37. The quantitative estimate of drug-likeness (QED) is 0.788. The van der Waals surface area contributed by atoms with E-state index in [0.29, 0.717) is 24.9 Å². The van der Waals surface area contributed by atoms with Crippen LogP contribution >= 0.6 is 11.6 Å². The number of nitrogens with two attached hydrogens (primary N) is 1. The van der Waals surface area contributed by atoms with Crippen molar-refractivity contribution in [3.05, 3.63) is 28.8 Å². The third-order valence-corrected chi connectivity index (χ3v) is 4.00. The summed E-state index contributed by atoms with van der Waals surface area (Å²) < 4.78 is 0. The van der Waals surface area contributed by atoms with E-state index in [4.69, 9.17) is 22.4 Å². The Kier molecular flexibility index (Phi) is 4.47. The van der Waals surface area contributed by atoms with E-state index in [1.807, 2.05) is 0 Å². The third-order valence-electron chi connectivity index (χ3n) is 3.67. The van der Waals surface area contributed by atoms with Crippen LogP contribution in [-0.2, 0) is 9.59 Å². The van der Waals surface area contributed by atoms with Gasteiger partial charge in [0.1, 0.15) is 0 Å². The van der Waals surface area contributed by atoms with Crippen molar-refractivity contribution in [3.8, 4) is 0 Å². The van der Waals surface area contributed by atoms with Crippen LogP contribution in [-0.4, -0.2) is 22.9 Å². The average Bonchev–Trinajstić information content (AvgIpc) is 2.90. The van der Waals surface area contributed by atoms with E-state index in [0.717, 1.165) is 0 Å². The summed E-state index contributed by atoms with van der Waals surface area (Å²) in [6, 6.07) is 4.38. The first kappa shape index (κ1) is 15.3. The van der Waals surface area contributed by atoms with Gasteiger partial charge in [0.2, 0.25) is 11.8 Å². The van der Waals surface area contributed by atoms with E-state index in [1.165, 1.54) is 18.2 Å². The lowest BCUT2D eigenvalue weighted by Gasteiger charge is -2.16. The fourth-order valence-corrected chi connectivity index (χ4v) is 2.81. The Morgan fingerprint density at radius 1 is 1.24 bits per heavy atom. The molecule has 0 spiro atoms. The fourth-order valence-electron chi connectivity index (χ4n) is 2.60. The topological polar surface area (TPSA) is 109 Å². The molecule has 7 heteroatoms. The number of carboxylic acids is 1. The molecule has 0 aromatic heterocycles. The van der Waals surface area contributed by atoms with Crippen molar-refractivity contribution in [2.75, 3.05) is 5.32 Å². The van der Waals surface area contributed by atoms with Gasteiger partial charge in [-0.3, -0.25) is 14.4 Å². The molecule has 0 unspecified atom stereocenters. The highest BCUT2D eigenvalue weighted by atomic mass is 35.5. The van der Waals surface area contributed by atoms with E-state index in [-0.39, 0.29) is 16.5 Å². The molecular weight excluding hydrogens is 296 g/mol. The maximum Gasteiger partial charge on any atom is 0.307 e. The molecular formula is C14H15ClN2O4. The zero-order valence-electron chi connectivity index (χ0n) is 11.1. The van der Waals surface area contributed by atoms with Gasteiger partial charge in [-0.15, -0.1) is 0 Å². The molecule has 0 bridgehead atoms. The number of rotatable bonds is 4. The number of aliphatic carboxylic acids is 1. The maximum atomic E-state index is 12.2. The Bertz CT molecular complexity index is 603. The monoisotopic (exact) mass is 310 g/mol. The van der Waals surface area contributed by atoms with E-state index in [2.05, 4.69) is 5.32 Å². The van der Waals surface area contributed by atoms with Crippen LogP contribution in [0.5, 0.6) is 0 Å². The SMILES string of the molecule is NC(=O)c1cc(NC(=O)[C@@H]2CCC[C@@H]2C(=O)O)ccc1Cl. The van der Waals surface area contributed by atoms with E-state index in [9.17, 15) is 14.4 Å². The zero-order chi connectivity index (χ0) is 15.6. The smallest absolute Gasteiger partial charge is 0.307 e. The molecule has 0 heterocycles. The lowest BCUT2D eigenvalue weighted by molar-refractivity contribution is -0.145. The van der Waals surface area contributed by atoms with Crippen LogP contribution in [0.4, 0.5) is 5.69 Å². The molecule has 1 aromatic carbocycles. The van der Waals surface area contributed by atoms with Gasteiger partial charge in [-0.2, -0.15) is 0 Å². The van der Waals surface area contributed by atoms with Crippen LogP contribution in [0.2, 0.25) is 5.02 Å². The molecule has 1 fully saturated rings. The minimum absolute atomic E-state index is 0.107.